The van der Waals surface area contributed by atoms with E-state index in [2.05, 4.69) is 36.4 Å². The molecule has 0 aromatic rings. The average Bonchev–Trinajstić information content (AvgIpc) is 2.96. The number of ether oxygens (including phenoxy) is 4. The molecule has 10 nitrogen and oxygen atoms in total. The Morgan fingerprint density at radius 2 is 1.84 bits per heavy atom. The average molecular weight is 636 g/mol. The largest absolute Gasteiger partial charge is 0.460 e. The SMILES string of the molecule is C=CCN1CC=C([C@H]2[C@@H](C)OC(=O)C(C)(C)C(=O)[C@H](C)[C@@H](O[C@@H]3O[C@H](C)C[C@H](N(C)C)[C@H]3O)[C@](C)(OC)C[C@@H](C)CN2C)CC1. The van der Waals surface area contributed by atoms with Gasteiger partial charge in [-0.3, -0.25) is 19.4 Å². The van der Waals surface area contributed by atoms with E-state index in [-0.39, 0.29) is 29.9 Å². The van der Waals surface area contributed by atoms with Gasteiger partial charge in [-0.05, 0) is 80.9 Å². The van der Waals surface area contributed by atoms with Crippen molar-refractivity contribution in [2.24, 2.45) is 17.3 Å². The molecule has 10 heteroatoms. The van der Waals surface area contributed by atoms with Crippen molar-refractivity contribution < 1.29 is 33.6 Å². The highest BCUT2D eigenvalue weighted by atomic mass is 16.7. The number of aliphatic hydroxyl groups excluding tert-OH is 1. The molecule has 258 valence electrons. The van der Waals surface area contributed by atoms with Gasteiger partial charge in [-0.25, -0.2) is 0 Å². The van der Waals surface area contributed by atoms with Crippen LogP contribution in [-0.2, 0) is 28.5 Å². The first kappa shape index (κ1) is 37.8. The number of nitrogens with zero attached hydrogens (tertiary/aromatic N) is 3. The van der Waals surface area contributed by atoms with Crippen LogP contribution in [0.3, 0.4) is 0 Å². The smallest absolute Gasteiger partial charge is 0.319 e. The van der Waals surface area contributed by atoms with Crippen LogP contribution < -0.4 is 0 Å². The highest BCUT2D eigenvalue weighted by molar-refractivity contribution is 6.04. The van der Waals surface area contributed by atoms with Crippen LogP contribution in [0.5, 0.6) is 0 Å². The molecule has 10 atom stereocenters. The molecule has 45 heavy (non-hydrogen) atoms. The number of aliphatic hydroxyl groups is 1. The van der Waals surface area contributed by atoms with E-state index in [0.717, 1.165) is 26.1 Å². The monoisotopic (exact) mass is 635 g/mol. The first-order chi connectivity index (χ1) is 21.0. The molecule has 3 rings (SSSR count). The van der Waals surface area contributed by atoms with Crippen molar-refractivity contribution >= 4 is 11.8 Å². The molecule has 0 radical (unpaired) electrons. The van der Waals surface area contributed by atoms with E-state index in [9.17, 15) is 14.7 Å². The number of ketones is 1. The summed E-state index contributed by atoms with van der Waals surface area (Å²) in [5.41, 5.74) is -1.14. The summed E-state index contributed by atoms with van der Waals surface area (Å²) in [7, 11) is 7.56. The van der Waals surface area contributed by atoms with Crippen LogP contribution >= 0.6 is 0 Å². The molecule has 0 aromatic carbocycles. The normalized spacial score (nSPS) is 39.8. The van der Waals surface area contributed by atoms with Crippen molar-refractivity contribution in [2.75, 3.05) is 54.4 Å². The topological polar surface area (TPSA) is 101 Å². The first-order valence-corrected chi connectivity index (χ1v) is 16.6. The lowest BCUT2D eigenvalue weighted by Crippen LogP contribution is -2.59. The number of hydrogen-bond acceptors (Lipinski definition) is 10. The number of hydrogen-bond donors (Lipinski definition) is 1. The molecule has 0 bridgehead atoms. The molecule has 3 aliphatic heterocycles. The summed E-state index contributed by atoms with van der Waals surface area (Å²) in [6.45, 7) is 20.2. The summed E-state index contributed by atoms with van der Waals surface area (Å²) in [6.07, 6.45) is 2.92. The number of Topliss-reactive ketones (excluding diaryl/α,β-unsaturated/α-hetero) is 1. The van der Waals surface area contributed by atoms with E-state index in [4.69, 9.17) is 18.9 Å². The van der Waals surface area contributed by atoms with E-state index < -0.39 is 47.5 Å². The lowest BCUT2D eigenvalue weighted by atomic mass is 9.74. The van der Waals surface area contributed by atoms with Crippen molar-refractivity contribution in [3.05, 3.63) is 24.3 Å². The van der Waals surface area contributed by atoms with Crippen LogP contribution in [0.4, 0.5) is 0 Å². The Hall–Kier alpha value is -1.66. The van der Waals surface area contributed by atoms with E-state index in [1.54, 1.807) is 27.9 Å². The van der Waals surface area contributed by atoms with Gasteiger partial charge >= 0.3 is 5.97 Å². The third kappa shape index (κ3) is 8.63. The minimum absolute atomic E-state index is 0.125. The molecule has 3 heterocycles. The Morgan fingerprint density at radius 1 is 1.18 bits per heavy atom. The van der Waals surface area contributed by atoms with Gasteiger partial charge in [0.25, 0.3) is 0 Å². The van der Waals surface area contributed by atoms with Gasteiger partial charge in [0, 0.05) is 45.2 Å². The quantitative estimate of drug-likeness (QED) is 0.254. The standard InChI is InChI=1S/C35H61N3O7/c1-13-16-38-17-14-26(15-18-38)28-25(5)44-33(41)34(6,7)30(40)24(4)31(35(8,42-12)20-22(2)21-37(28)11)45-32-29(39)27(36(9)10)19-23(3)43-32/h13-14,22-25,27-29,31-32,39H,1,15-21H2,2-12H3/t22-,23-,24+,25-,27+,28-,29-,31-,32+,35-/m1/s1. The van der Waals surface area contributed by atoms with Gasteiger partial charge in [-0.1, -0.05) is 31.6 Å². The molecule has 0 aromatic heterocycles. The molecule has 0 amide bonds. The van der Waals surface area contributed by atoms with E-state index in [1.807, 2.05) is 45.8 Å². The van der Waals surface area contributed by atoms with Crippen molar-refractivity contribution in [3.8, 4) is 0 Å². The maximum Gasteiger partial charge on any atom is 0.319 e. The third-order valence-electron chi connectivity index (χ3n) is 10.3. The molecule has 2 saturated heterocycles. The van der Waals surface area contributed by atoms with E-state index >= 15 is 0 Å². The Labute approximate surface area is 272 Å². The Balaban J connectivity index is 2.02. The van der Waals surface area contributed by atoms with Crippen LogP contribution in [-0.4, -0.2) is 134 Å². The Bertz CT molecular complexity index is 1060. The van der Waals surface area contributed by atoms with Gasteiger partial charge in [-0.15, -0.1) is 6.58 Å². The van der Waals surface area contributed by atoms with Gasteiger partial charge in [0.1, 0.15) is 17.6 Å². The first-order valence-electron chi connectivity index (χ1n) is 16.6. The zero-order valence-electron chi connectivity index (χ0n) is 29.7. The predicted molar refractivity (Wildman–Crippen MR) is 176 cm³/mol. The van der Waals surface area contributed by atoms with Crippen molar-refractivity contribution in [3.63, 3.8) is 0 Å². The molecular formula is C35H61N3O7. The lowest BCUT2D eigenvalue weighted by Gasteiger charge is -2.47. The second kappa shape index (κ2) is 15.5. The highest BCUT2D eigenvalue weighted by Crippen LogP contribution is 2.39. The van der Waals surface area contributed by atoms with Gasteiger partial charge in [0.15, 0.2) is 12.1 Å². The molecule has 0 aliphatic carbocycles. The third-order valence-corrected chi connectivity index (χ3v) is 10.3. The number of cyclic esters (lactones) is 1. The fourth-order valence-electron chi connectivity index (χ4n) is 7.74. The number of likely N-dealkylation sites (N-methyl/N-ethyl adjacent to an activating group) is 2. The Morgan fingerprint density at radius 3 is 2.40 bits per heavy atom. The maximum absolute atomic E-state index is 14.3. The number of methoxy groups -OCH3 is 1. The fourth-order valence-corrected chi connectivity index (χ4v) is 7.74. The number of carbonyl (C=O) groups is 2. The van der Waals surface area contributed by atoms with Crippen LogP contribution in [0, 0.1) is 17.3 Å². The number of esters is 1. The minimum atomic E-state index is -1.44. The van der Waals surface area contributed by atoms with Crippen LogP contribution in [0.25, 0.3) is 0 Å². The molecule has 3 aliphatic rings. The van der Waals surface area contributed by atoms with Crippen LogP contribution in [0.2, 0.25) is 0 Å². The number of rotatable bonds is 7. The summed E-state index contributed by atoms with van der Waals surface area (Å²) in [4.78, 5) is 34.7. The predicted octanol–water partition coefficient (Wildman–Crippen LogP) is 3.52. The summed E-state index contributed by atoms with van der Waals surface area (Å²) in [5, 5.41) is 11.3. The minimum Gasteiger partial charge on any atom is -0.460 e. The Kier molecular flexibility index (Phi) is 13.0. The van der Waals surface area contributed by atoms with E-state index in [0.29, 0.717) is 19.4 Å². The zero-order chi connectivity index (χ0) is 33.9. The second-order valence-corrected chi connectivity index (χ2v) is 14.8. The van der Waals surface area contributed by atoms with Gasteiger partial charge in [0.05, 0.1) is 23.9 Å². The summed E-state index contributed by atoms with van der Waals surface area (Å²) in [5.74, 6) is -1.50. The number of carbonyl (C=O) groups excluding carboxylic acids is 2. The molecular weight excluding hydrogens is 574 g/mol. The van der Waals surface area contributed by atoms with Crippen molar-refractivity contribution in [2.45, 2.75) is 116 Å². The van der Waals surface area contributed by atoms with Crippen molar-refractivity contribution in [1.29, 1.82) is 0 Å². The molecule has 0 spiro atoms. The fraction of sp³-hybridized carbons (Fsp3) is 0.829. The van der Waals surface area contributed by atoms with Crippen LogP contribution in [0.1, 0.15) is 67.7 Å². The molecule has 0 saturated carbocycles. The second-order valence-electron chi connectivity index (χ2n) is 14.8. The lowest BCUT2D eigenvalue weighted by molar-refractivity contribution is -0.295. The van der Waals surface area contributed by atoms with Gasteiger partial charge in [-0.2, -0.15) is 0 Å². The molecule has 1 N–H and O–H groups in total. The van der Waals surface area contributed by atoms with Gasteiger partial charge in [0.2, 0.25) is 0 Å². The molecule has 0 unspecified atom stereocenters. The summed E-state index contributed by atoms with van der Waals surface area (Å²) in [6, 6.07) is -0.314. The van der Waals surface area contributed by atoms with Gasteiger partial charge < -0.3 is 29.0 Å². The maximum atomic E-state index is 14.3. The molecule has 2 fully saturated rings. The van der Waals surface area contributed by atoms with Crippen molar-refractivity contribution in [1.82, 2.24) is 14.7 Å². The zero-order valence-corrected chi connectivity index (χ0v) is 29.7. The highest BCUT2D eigenvalue weighted by Gasteiger charge is 2.52. The van der Waals surface area contributed by atoms with Crippen LogP contribution in [0.15, 0.2) is 24.3 Å². The van der Waals surface area contributed by atoms with E-state index in [1.165, 1.54) is 5.57 Å². The summed E-state index contributed by atoms with van der Waals surface area (Å²) < 4.78 is 25.2. The summed E-state index contributed by atoms with van der Waals surface area (Å²) >= 11 is 0.